The van der Waals surface area contributed by atoms with Gasteiger partial charge in [-0.25, -0.2) is 5.43 Å². The Morgan fingerprint density at radius 3 is 2.58 bits per heavy atom. The second-order valence-electron chi connectivity index (χ2n) is 6.98. The first-order valence-electron chi connectivity index (χ1n) is 9.48. The molecule has 2 amide bonds. The van der Waals surface area contributed by atoms with Crippen molar-refractivity contribution in [3.63, 3.8) is 0 Å². The average molecular weight is 432 g/mol. The zero-order valence-corrected chi connectivity index (χ0v) is 17.3. The standard InChI is InChI=1S/C24H18ClN3O3/c1-14(18-4-2-3-5-22(18)29)27-28-23(30)16-8-6-15(7-9-16)12-20-19-13-17(25)10-11-21(19)26-24(20)31/h2-13,29H,1H3,(H,26,31)(H,28,30)/b20-12+,27-14+. The number of amides is 2. The number of carbonyl (C=O) groups is 2. The van der Waals surface area contributed by atoms with Gasteiger partial charge in [0.25, 0.3) is 11.8 Å². The number of phenolic OH excluding ortho intramolecular Hbond substituents is 1. The maximum Gasteiger partial charge on any atom is 0.271 e. The fourth-order valence-electron chi connectivity index (χ4n) is 3.24. The molecule has 1 heterocycles. The molecule has 0 aliphatic carbocycles. The number of nitrogens with zero attached hydrogens (tertiary/aromatic N) is 1. The first-order chi connectivity index (χ1) is 14.9. The van der Waals surface area contributed by atoms with Crippen LogP contribution in [0.4, 0.5) is 5.69 Å². The summed E-state index contributed by atoms with van der Waals surface area (Å²) in [5.41, 5.74) is 6.66. The largest absolute Gasteiger partial charge is 0.507 e. The second kappa shape index (κ2) is 8.45. The van der Waals surface area contributed by atoms with Gasteiger partial charge < -0.3 is 10.4 Å². The van der Waals surface area contributed by atoms with E-state index in [0.29, 0.717) is 33.1 Å². The molecule has 0 spiro atoms. The molecule has 0 saturated carbocycles. The highest BCUT2D eigenvalue weighted by Crippen LogP contribution is 2.34. The molecule has 0 unspecified atom stereocenters. The van der Waals surface area contributed by atoms with Crippen LogP contribution in [0.1, 0.15) is 34.0 Å². The summed E-state index contributed by atoms with van der Waals surface area (Å²) in [6.45, 7) is 1.70. The second-order valence-corrected chi connectivity index (χ2v) is 7.42. The number of para-hydroxylation sites is 1. The van der Waals surface area contributed by atoms with Crippen molar-refractivity contribution in [2.24, 2.45) is 5.10 Å². The molecule has 0 aromatic heterocycles. The number of aromatic hydroxyl groups is 1. The van der Waals surface area contributed by atoms with Crippen molar-refractivity contribution in [2.75, 3.05) is 5.32 Å². The van der Waals surface area contributed by atoms with Gasteiger partial charge in [-0.05, 0) is 61.0 Å². The molecule has 31 heavy (non-hydrogen) atoms. The SMILES string of the molecule is C/C(=N\NC(=O)c1ccc(/C=C2/C(=O)Nc3ccc(Cl)cc32)cc1)c1ccccc1O. The fraction of sp³-hybridized carbons (Fsp3) is 0.0417. The van der Waals surface area contributed by atoms with E-state index < -0.39 is 0 Å². The van der Waals surface area contributed by atoms with Crippen LogP contribution in [-0.4, -0.2) is 22.6 Å². The number of benzene rings is 3. The molecule has 0 saturated heterocycles. The van der Waals surface area contributed by atoms with Gasteiger partial charge >= 0.3 is 0 Å². The first-order valence-corrected chi connectivity index (χ1v) is 9.86. The van der Waals surface area contributed by atoms with Gasteiger partial charge in [0.05, 0.1) is 5.71 Å². The predicted octanol–water partition coefficient (Wildman–Crippen LogP) is 4.69. The summed E-state index contributed by atoms with van der Waals surface area (Å²) in [6.07, 6.45) is 1.75. The van der Waals surface area contributed by atoms with E-state index in [0.717, 1.165) is 11.1 Å². The third kappa shape index (κ3) is 4.34. The lowest BCUT2D eigenvalue weighted by atomic mass is 10.0. The number of hydrogen-bond acceptors (Lipinski definition) is 4. The normalized spacial score (nSPS) is 14.3. The van der Waals surface area contributed by atoms with Crippen LogP contribution >= 0.6 is 11.6 Å². The molecule has 1 aliphatic heterocycles. The maximum absolute atomic E-state index is 12.4. The molecule has 3 aromatic rings. The minimum absolute atomic E-state index is 0.0919. The summed E-state index contributed by atoms with van der Waals surface area (Å²) in [5.74, 6) is -0.494. The summed E-state index contributed by atoms with van der Waals surface area (Å²) >= 11 is 6.06. The number of phenols is 1. The van der Waals surface area contributed by atoms with Crippen LogP contribution in [0.15, 0.2) is 71.8 Å². The Balaban J connectivity index is 1.50. The van der Waals surface area contributed by atoms with Crippen LogP contribution in [-0.2, 0) is 4.79 Å². The minimum atomic E-state index is -0.385. The van der Waals surface area contributed by atoms with Gasteiger partial charge in [-0.2, -0.15) is 5.10 Å². The zero-order valence-electron chi connectivity index (χ0n) is 16.5. The van der Waals surface area contributed by atoms with E-state index in [4.69, 9.17) is 11.6 Å². The van der Waals surface area contributed by atoms with Gasteiger partial charge in [0.15, 0.2) is 0 Å². The molecule has 7 heteroatoms. The van der Waals surface area contributed by atoms with Crippen LogP contribution in [0.2, 0.25) is 5.02 Å². The number of anilines is 1. The number of rotatable bonds is 4. The number of hydrazone groups is 1. The van der Waals surface area contributed by atoms with Gasteiger partial charge in [-0.15, -0.1) is 0 Å². The van der Waals surface area contributed by atoms with Crippen LogP contribution in [0.25, 0.3) is 11.6 Å². The number of hydrogen-bond donors (Lipinski definition) is 3. The first kappa shape index (κ1) is 20.4. The Hall–Kier alpha value is -3.90. The van der Waals surface area contributed by atoms with Crippen molar-refractivity contribution in [2.45, 2.75) is 6.92 Å². The third-order valence-corrected chi connectivity index (χ3v) is 5.10. The predicted molar refractivity (Wildman–Crippen MR) is 122 cm³/mol. The third-order valence-electron chi connectivity index (χ3n) is 4.87. The molecule has 0 atom stereocenters. The molecule has 0 radical (unpaired) electrons. The highest BCUT2D eigenvalue weighted by Gasteiger charge is 2.24. The molecule has 6 nitrogen and oxygen atoms in total. The molecule has 0 fully saturated rings. The summed E-state index contributed by atoms with van der Waals surface area (Å²) in [4.78, 5) is 24.7. The molecule has 0 bridgehead atoms. The quantitative estimate of drug-likeness (QED) is 0.318. The van der Waals surface area contributed by atoms with Crippen LogP contribution in [0.5, 0.6) is 5.75 Å². The summed E-state index contributed by atoms with van der Waals surface area (Å²) in [7, 11) is 0. The molecule has 1 aliphatic rings. The van der Waals surface area contributed by atoms with Crippen molar-refractivity contribution < 1.29 is 14.7 Å². The van der Waals surface area contributed by atoms with E-state index in [9.17, 15) is 14.7 Å². The Bertz CT molecular complexity index is 1250. The van der Waals surface area contributed by atoms with E-state index in [1.807, 2.05) is 0 Å². The Labute approximate surface area is 183 Å². The molecular formula is C24H18ClN3O3. The van der Waals surface area contributed by atoms with E-state index >= 15 is 0 Å². The van der Waals surface area contributed by atoms with Gasteiger partial charge in [0.1, 0.15) is 5.75 Å². The highest BCUT2D eigenvalue weighted by molar-refractivity contribution is 6.36. The van der Waals surface area contributed by atoms with E-state index in [-0.39, 0.29) is 17.6 Å². The summed E-state index contributed by atoms with van der Waals surface area (Å²) in [6, 6.07) is 18.8. The van der Waals surface area contributed by atoms with Crippen molar-refractivity contribution in [3.8, 4) is 5.75 Å². The van der Waals surface area contributed by atoms with Crippen LogP contribution < -0.4 is 10.7 Å². The molecule has 4 rings (SSSR count). The zero-order chi connectivity index (χ0) is 22.0. The lowest BCUT2D eigenvalue weighted by Gasteiger charge is -2.05. The monoisotopic (exact) mass is 431 g/mol. The Morgan fingerprint density at radius 1 is 1.10 bits per heavy atom. The lowest BCUT2D eigenvalue weighted by Crippen LogP contribution is -2.19. The topological polar surface area (TPSA) is 90.8 Å². The smallest absolute Gasteiger partial charge is 0.271 e. The number of nitrogens with one attached hydrogen (secondary N) is 2. The number of carbonyl (C=O) groups excluding carboxylic acids is 2. The van der Waals surface area contributed by atoms with Gasteiger partial charge in [-0.1, -0.05) is 35.9 Å². The number of halogens is 1. The van der Waals surface area contributed by atoms with Crippen LogP contribution in [0.3, 0.4) is 0 Å². The Kier molecular flexibility index (Phi) is 5.56. The van der Waals surface area contributed by atoms with Crippen molar-refractivity contribution in [3.05, 3.63) is 94.0 Å². The minimum Gasteiger partial charge on any atom is -0.507 e. The van der Waals surface area contributed by atoms with Gasteiger partial charge in [0.2, 0.25) is 0 Å². The van der Waals surface area contributed by atoms with Gasteiger partial charge in [-0.3, -0.25) is 9.59 Å². The van der Waals surface area contributed by atoms with E-state index in [1.54, 1.807) is 79.7 Å². The molecule has 154 valence electrons. The lowest BCUT2D eigenvalue weighted by molar-refractivity contribution is -0.110. The van der Waals surface area contributed by atoms with Crippen molar-refractivity contribution >= 4 is 46.5 Å². The summed E-state index contributed by atoms with van der Waals surface area (Å²) in [5, 5.41) is 17.3. The van der Waals surface area contributed by atoms with Crippen LogP contribution in [0, 0.1) is 0 Å². The maximum atomic E-state index is 12.4. The van der Waals surface area contributed by atoms with E-state index in [1.165, 1.54) is 0 Å². The molecule has 3 N–H and O–H groups in total. The average Bonchev–Trinajstić information content (AvgIpc) is 3.07. The van der Waals surface area contributed by atoms with E-state index in [2.05, 4.69) is 15.8 Å². The summed E-state index contributed by atoms with van der Waals surface area (Å²) < 4.78 is 0. The Morgan fingerprint density at radius 2 is 1.84 bits per heavy atom. The fourth-order valence-corrected chi connectivity index (χ4v) is 3.41. The number of fused-ring (bicyclic) bond motifs is 1. The van der Waals surface area contributed by atoms with Crippen molar-refractivity contribution in [1.29, 1.82) is 0 Å². The van der Waals surface area contributed by atoms with Gasteiger partial charge in [0, 0.05) is 33.0 Å². The van der Waals surface area contributed by atoms with Crippen molar-refractivity contribution in [1.82, 2.24) is 5.43 Å². The molecule has 3 aromatic carbocycles. The highest BCUT2D eigenvalue weighted by atomic mass is 35.5. The molecular weight excluding hydrogens is 414 g/mol.